The third kappa shape index (κ3) is 1.25. The van der Waals surface area contributed by atoms with E-state index in [2.05, 4.69) is 24.3 Å². The van der Waals surface area contributed by atoms with Gasteiger partial charge in [0.25, 0.3) is 0 Å². The molecule has 0 amide bonds. The van der Waals surface area contributed by atoms with Gasteiger partial charge in [0.05, 0.1) is 0 Å². The van der Waals surface area contributed by atoms with Crippen molar-refractivity contribution in [3.05, 3.63) is 65.2 Å². The van der Waals surface area contributed by atoms with E-state index in [9.17, 15) is 0 Å². The second-order valence-electron chi connectivity index (χ2n) is 4.74. The lowest BCUT2D eigenvalue weighted by Crippen LogP contribution is -2.18. The first kappa shape index (κ1) is 8.35. The fourth-order valence-electron chi connectivity index (χ4n) is 3.00. The molecule has 2 aromatic carbocycles. The maximum absolute atomic E-state index is 8.38. The van der Waals surface area contributed by atoms with Crippen LogP contribution in [0.1, 0.15) is 36.5 Å². The van der Waals surface area contributed by atoms with Crippen LogP contribution in [-0.4, -0.2) is 0 Å². The van der Waals surface area contributed by atoms with Crippen molar-refractivity contribution >= 4 is 0 Å². The molecule has 0 saturated heterocycles. The molecule has 84 valence electrons. The molecule has 0 fully saturated rings. The molecule has 2 aliphatic rings. The Morgan fingerprint density at radius 2 is 1.76 bits per heavy atom. The average Bonchev–Trinajstić information content (AvgIpc) is 2.79. The Morgan fingerprint density at radius 3 is 2.71 bits per heavy atom. The number of benzene rings is 2. The summed E-state index contributed by atoms with van der Waals surface area (Å²) in [6.45, 7) is 0. The van der Waals surface area contributed by atoms with E-state index >= 15 is 0 Å². The fraction of sp³-hybridized carbons (Fsp3) is 0.250. The van der Waals surface area contributed by atoms with Crippen molar-refractivity contribution in [1.29, 1.82) is 0 Å². The van der Waals surface area contributed by atoms with Gasteiger partial charge >= 0.3 is 0 Å². The first-order valence-electron chi connectivity index (χ1n) is 6.68. The zero-order chi connectivity index (χ0) is 12.1. The Hall–Kier alpha value is -1.76. The molecule has 1 nitrogen and oxygen atoms in total. The highest BCUT2D eigenvalue weighted by atomic mass is 16.5. The molecule has 4 rings (SSSR count). The lowest BCUT2D eigenvalue weighted by molar-refractivity contribution is 0.195. The van der Waals surface area contributed by atoms with E-state index in [1.54, 1.807) is 0 Å². The van der Waals surface area contributed by atoms with Crippen molar-refractivity contribution in [2.45, 2.75) is 24.8 Å². The Morgan fingerprint density at radius 1 is 1.00 bits per heavy atom. The molecule has 0 N–H and O–H groups in total. The van der Waals surface area contributed by atoms with Gasteiger partial charge in [-0.3, -0.25) is 0 Å². The molecule has 1 aliphatic carbocycles. The molecule has 3 atom stereocenters. The van der Waals surface area contributed by atoms with Crippen LogP contribution >= 0.6 is 0 Å². The number of hydrogen-bond acceptors (Lipinski definition) is 1. The minimum absolute atomic E-state index is 0.0369. The molecule has 1 heteroatoms. The maximum atomic E-state index is 8.38. The first-order chi connectivity index (χ1) is 8.84. The number of fused-ring (bicyclic) bond motifs is 5. The average molecular weight is 223 g/mol. The Kier molecular flexibility index (Phi) is 1.65. The summed E-state index contributed by atoms with van der Waals surface area (Å²) in [7, 11) is 0. The van der Waals surface area contributed by atoms with Crippen molar-refractivity contribution < 1.29 is 6.11 Å². The van der Waals surface area contributed by atoms with Crippen molar-refractivity contribution in [3.63, 3.8) is 0 Å². The molecule has 1 heterocycles. The quantitative estimate of drug-likeness (QED) is 0.659. The van der Waals surface area contributed by atoms with Crippen LogP contribution in [0.25, 0.3) is 0 Å². The second kappa shape index (κ2) is 3.36. The van der Waals surface area contributed by atoms with Crippen LogP contribution in [0.15, 0.2) is 48.5 Å². The van der Waals surface area contributed by atoms with Crippen molar-refractivity contribution in [2.24, 2.45) is 0 Å². The van der Waals surface area contributed by atoms with Gasteiger partial charge in [0.1, 0.15) is 11.9 Å². The summed E-state index contributed by atoms with van der Waals surface area (Å²) in [5, 5.41) is 0. The highest BCUT2D eigenvalue weighted by molar-refractivity contribution is 5.46. The van der Waals surface area contributed by atoms with Crippen LogP contribution in [0.4, 0.5) is 0 Å². The van der Waals surface area contributed by atoms with Gasteiger partial charge in [-0.05, 0) is 30.0 Å². The third-order valence-corrected chi connectivity index (χ3v) is 3.81. The third-order valence-electron chi connectivity index (χ3n) is 3.81. The summed E-state index contributed by atoms with van der Waals surface area (Å²) >= 11 is 0. The molecule has 0 saturated carbocycles. The molecule has 0 radical (unpaired) electrons. The molecule has 2 aromatic rings. The van der Waals surface area contributed by atoms with Crippen LogP contribution in [0, 0.1) is 0 Å². The zero-order valence-electron chi connectivity index (χ0n) is 10.5. The predicted molar refractivity (Wildman–Crippen MR) is 67.3 cm³/mol. The monoisotopic (exact) mass is 223 g/mol. The lowest BCUT2D eigenvalue weighted by atomic mass is 9.79. The van der Waals surface area contributed by atoms with Gasteiger partial charge in [-0.2, -0.15) is 0 Å². The van der Waals surface area contributed by atoms with E-state index in [1.807, 2.05) is 24.3 Å². The van der Waals surface area contributed by atoms with Crippen LogP contribution in [-0.2, 0) is 6.42 Å². The number of rotatable bonds is 0. The summed E-state index contributed by atoms with van der Waals surface area (Å²) in [6, 6.07) is 16.5. The van der Waals surface area contributed by atoms with Crippen LogP contribution in [0.2, 0.25) is 0 Å². The van der Waals surface area contributed by atoms with Crippen molar-refractivity contribution in [2.75, 3.05) is 0 Å². The SMILES string of the molecule is [2H]C1Cc2ccccc2C2Oc3ccccc3C12. The largest absolute Gasteiger partial charge is 0.485 e. The highest BCUT2D eigenvalue weighted by Gasteiger charge is 2.38. The van der Waals surface area contributed by atoms with Crippen LogP contribution in [0.5, 0.6) is 5.75 Å². The second-order valence-corrected chi connectivity index (χ2v) is 4.74. The molecule has 1 aliphatic heterocycles. The van der Waals surface area contributed by atoms with Gasteiger partial charge in [-0.25, -0.2) is 0 Å². The zero-order valence-corrected chi connectivity index (χ0v) is 9.47. The van der Waals surface area contributed by atoms with Crippen molar-refractivity contribution in [1.82, 2.24) is 0 Å². The molecule has 17 heavy (non-hydrogen) atoms. The Bertz CT molecular complexity index is 608. The predicted octanol–water partition coefficient (Wildman–Crippen LogP) is 3.85. The fourth-order valence-corrected chi connectivity index (χ4v) is 3.00. The summed E-state index contributed by atoms with van der Waals surface area (Å²) < 4.78 is 14.5. The van der Waals surface area contributed by atoms with Crippen molar-refractivity contribution in [3.8, 4) is 5.75 Å². The van der Waals surface area contributed by atoms with Gasteiger partial charge in [-0.1, -0.05) is 42.5 Å². The van der Waals surface area contributed by atoms with E-state index in [0.717, 1.165) is 12.2 Å². The highest BCUT2D eigenvalue weighted by Crippen LogP contribution is 2.51. The number of hydrogen-bond donors (Lipinski definition) is 0. The molecular weight excluding hydrogens is 208 g/mol. The smallest absolute Gasteiger partial charge is 0.131 e. The van der Waals surface area contributed by atoms with Gasteiger partial charge < -0.3 is 4.74 Å². The van der Waals surface area contributed by atoms with E-state index in [4.69, 9.17) is 6.11 Å². The standard InChI is InChI=1S/C16H14O/c1-2-6-12-11(5-1)9-10-14-13-7-3-4-8-15(13)17-16(12)14/h1-8,14,16H,9-10H2/i10D. The van der Waals surface area contributed by atoms with Gasteiger partial charge in [-0.15, -0.1) is 0 Å². The lowest BCUT2D eigenvalue weighted by Gasteiger charge is -2.27. The van der Waals surface area contributed by atoms with E-state index in [1.165, 1.54) is 16.7 Å². The molecule has 0 aromatic heterocycles. The van der Waals surface area contributed by atoms with E-state index in [0.29, 0.717) is 0 Å². The summed E-state index contributed by atoms with van der Waals surface area (Å²) in [4.78, 5) is 0. The molecule has 0 bridgehead atoms. The minimum Gasteiger partial charge on any atom is -0.485 e. The topological polar surface area (TPSA) is 9.23 Å². The normalized spacial score (nSPS) is 29.6. The van der Waals surface area contributed by atoms with Gasteiger partial charge in [0.2, 0.25) is 0 Å². The molecular formula is C16H14O. The van der Waals surface area contributed by atoms with E-state index < -0.39 is 0 Å². The Balaban J connectivity index is 1.89. The van der Waals surface area contributed by atoms with Crippen LogP contribution < -0.4 is 4.74 Å². The maximum Gasteiger partial charge on any atom is 0.131 e. The first-order valence-corrected chi connectivity index (χ1v) is 6.10. The summed E-state index contributed by atoms with van der Waals surface area (Å²) in [5.41, 5.74) is 3.74. The Labute approximate surface area is 102 Å². The van der Waals surface area contributed by atoms with E-state index in [-0.39, 0.29) is 18.4 Å². The number of aryl methyl sites for hydroxylation is 1. The van der Waals surface area contributed by atoms with Gasteiger partial charge in [0.15, 0.2) is 0 Å². The number of para-hydroxylation sites is 1. The summed E-state index contributed by atoms with van der Waals surface area (Å²) in [6.07, 6.45) is 0.762. The summed E-state index contributed by atoms with van der Waals surface area (Å²) in [5.74, 6) is 1.15. The number of ether oxygens (including phenoxy) is 1. The van der Waals surface area contributed by atoms with Gasteiger partial charge in [0, 0.05) is 12.9 Å². The molecule has 3 unspecified atom stereocenters. The molecule has 0 spiro atoms. The van der Waals surface area contributed by atoms with Crippen LogP contribution in [0.3, 0.4) is 0 Å². The minimum atomic E-state index is -0.103.